The molecule has 0 unspecified atom stereocenters. The Bertz CT molecular complexity index is 1580. The minimum Gasteiger partial charge on any atom is -0.491 e. The summed E-state index contributed by atoms with van der Waals surface area (Å²) < 4.78 is 19.0. The number of benzene rings is 2. The molecule has 4 rings (SSSR count). The van der Waals surface area contributed by atoms with Crippen LogP contribution in [0.3, 0.4) is 0 Å². The molecule has 0 amide bonds. The molecule has 0 aliphatic carbocycles. The van der Waals surface area contributed by atoms with E-state index in [9.17, 15) is 14.4 Å². The number of carbonyl (C=O) groups excluding carboxylic acids is 2. The van der Waals surface area contributed by atoms with Gasteiger partial charge in [0.2, 0.25) is 0 Å². The number of fused-ring (bicyclic) bond motifs is 1. The maximum atomic E-state index is 13.8. The summed E-state index contributed by atoms with van der Waals surface area (Å²) >= 11 is 4.74. The number of nitrogens with zero attached hydrogens (tertiary/aromatic N) is 2. The molecule has 0 spiro atoms. The number of hydrogen-bond acceptors (Lipinski definition) is 8. The van der Waals surface area contributed by atoms with E-state index in [1.54, 1.807) is 37.3 Å². The first-order chi connectivity index (χ1) is 17.6. The van der Waals surface area contributed by atoms with Crippen molar-refractivity contribution in [3.05, 3.63) is 89.0 Å². The Labute approximate surface area is 225 Å². The molecule has 0 saturated heterocycles. The number of esters is 2. The average Bonchev–Trinajstić information content (AvgIpc) is 3.14. The Morgan fingerprint density at radius 1 is 1.16 bits per heavy atom. The van der Waals surface area contributed by atoms with E-state index >= 15 is 0 Å². The highest BCUT2D eigenvalue weighted by atomic mass is 79.9. The molecule has 8 nitrogen and oxygen atoms in total. The molecule has 1 aromatic heterocycles. The van der Waals surface area contributed by atoms with E-state index in [0.717, 1.165) is 10.0 Å². The molecule has 0 N–H and O–H groups in total. The van der Waals surface area contributed by atoms with Crippen LogP contribution in [0.2, 0.25) is 0 Å². The van der Waals surface area contributed by atoms with Gasteiger partial charge >= 0.3 is 11.9 Å². The first-order valence-electron chi connectivity index (χ1n) is 11.4. The standard InChI is InChI=1S/C27H25BrN2O6S/c1-14(2)35-21-11-8-18(28)13-20(21)24-23(26(33)34-5)15(3)29-27-30(24)25(32)22(37-27)12-17-6-9-19(10-7-17)36-16(4)31/h6-14,24H,1-5H3/b22-12-/t24-/m1/s1. The molecule has 1 aliphatic rings. The van der Waals surface area contributed by atoms with Gasteiger partial charge < -0.3 is 14.2 Å². The van der Waals surface area contributed by atoms with Crippen LogP contribution in [0.4, 0.5) is 0 Å². The van der Waals surface area contributed by atoms with Crippen LogP contribution in [0.5, 0.6) is 11.5 Å². The number of allylic oxidation sites excluding steroid dienone is 1. The number of methoxy groups -OCH3 is 1. The van der Waals surface area contributed by atoms with Gasteiger partial charge in [-0.3, -0.25) is 14.2 Å². The van der Waals surface area contributed by atoms with Gasteiger partial charge in [-0.05, 0) is 62.7 Å². The minimum atomic E-state index is -0.802. The van der Waals surface area contributed by atoms with E-state index in [1.165, 1.54) is 29.9 Å². The Hall–Kier alpha value is -3.50. The number of ether oxygens (including phenoxy) is 3. The molecule has 2 aromatic carbocycles. The number of hydrogen-bond donors (Lipinski definition) is 0. The lowest BCUT2D eigenvalue weighted by molar-refractivity contribution is -0.136. The van der Waals surface area contributed by atoms with Crippen LogP contribution in [0.15, 0.2) is 68.0 Å². The number of halogens is 1. The van der Waals surface area contributed by atoms with E-state index in [4.69, 9.17) is 14.2 Å². The highest BCUT2D eigenvalue weighted by Crippen LogP contribution is 2.37. The zero-order valence-corrected chi connectivity index (χ0v) is 23.3. The summed E-state index contributed by atoms with van der Waals surface area (Å²) in [5, 5.41) is 0. The van der Waals surface area contributed by atoms with E-state index in [1.807, 2.05) is 32.0 Å². The Balaban J connectivity index is 1.93. The average molecular weight is 585 g/mol. The van der Waals surface area contributed by atoms with Gasteiger partial charge in [-0.25, -0.2) is 9.79 Å². The Morgan fingerprint density at radius 2 is 1.86 bits per heavy atom. The predicted octanol–water partition coefficient (Wildman–Crippen LogP) is 3.88. The van der Waals surface area contributed by atoms with Crippen molar-refractivity contribution in [1.29, 1.82) is 0 Å². The van der Waals surface area contributed by atoms with Gasteiger partial charge in [0, 0.05) is 17.0 Å². The molecular formula is C27H25BrN2O6S. The van der Waals surface area contributed by atoms with E-state index in [0.29, 0.717) is 32.1 Å². The van der Waals surface area contributed by atoms with Gasteiger partial charge in [0.25, 0.3) is 5.56 Å². The van der Waals surface area contributed by atoms with Crippen LogP contribution in [0, 0.1) is 0 Å². The first kappa shape index (κ1) is 26.6. The summed E-state index contributed by atoms with van der Waals surface area (Å²) in [6.07, 6.45) is 1.61. The molecule has 1 atom stereocenters. The third-order valence-corrected chi connectivity index (χ3v) is 6.97. The van der Waals surface area contributed by atoms with Crippen molar-refractivity contribution in [2.45, 2.75) is 39.8 Å². The summed E-state index contributed by atoms with van der Waals surface area (Å²) in [5.74, 6) is -0.0185. The maximum Gasteiger partial charge on any atom is 0.338 e. The third-order valence-electron chi connectivity index (χ3n) is 5.50. The molecule has 0 radical (unpaired) electrons. The van der Waals surface area contributed by atoms with E-state index < -0.39 is 18.0 Å². The van der Waals surface area contributed by atoms with Crippen molar-refractivity contribution >= 4 is 45.3 Å². The predicted molar refractivity (Wildman–Crippen MR) is 143 cm³/mol. The van der Waals surface area contributed by atoms with Crippen LogP contribution in [-0.4, -0.2) is 29.7 Å². The Morgan fingerprint density at radius 3 is 2.49 bits per heavy atom. The van der Waals surface area contributed by atoms with Crippen molar-refractivity contribution in [2.24, 2.45) is 4.99 Å². The topological polar surface area (TPSA) is 96.2 Å². The quantitative estimate of drug-likeness (QED) is 0.322. The number of aromatic nitrogens is 1. The number of carbonyl (C=O) groups is 2. The second kappa shape index (κ2) is 10.9. The third kappa shape index (κ3) is 5.60. The number of thiazole rings is 1. The van der Waals surface area contributed by atoms with Crippen molar-refractivity contribution in [3.63, 3.8) is 0 Å². The highest BCUT2D eigenvalue weighted by Gasteiger charge is 2.35. The van der Waals surface area contributed by atoms with Crippen LogP contribution < -0.4 is 24.4 Å². The molecule has 0 fully saturated rings. The lowest BCUT2D eigenvalue weighted by Gasteiger charge is -2.26. The molecule has 0 saturated carbocycles. The fourth-order valence-corrected chi connectivity index (χ4v) is 5.46. The zero-order valence-electron chi connectivity index (χ0n) is 20.9. The zero-order chi connectivity index (χ0) is 26.9. The summed E-state index contributed by atoms with van der Waals surface area (Å²) in [5.41, 5.74) is 1.80. The summed E-state index contributed by atoms with van der Waals surface area (Å²) in [6.45, 7) is 6.88. The molecule has 10 heteroatoms. The molecule has 37 heavy (non-hydrogen) atoms. The van der Waals surface area contributed by atoms with Crippen LogP contribution >= 0.6 is 27.3 Å². The van der Waals surface area contributed by atoms with E-state index in [2.05, 4.69) is 20.9 Å². The maximum absolute atomic E-state index is 13.8. The van der Waals surface area contributed by atoms with Crippen molar-refractivity contribution in [2.75, 3.05) is 7.11 Å². The molecular weight excluding hydrogens is 560 g/mol. The van der Waals surface area contributed by atoms with Gasteiger partial charge in [0.05, 0.1) is 29.0 Å². The molecule has 3 aromatic rings. The summed E-state index contributed by atoms with van der Waals surface area (Å²) in [6, 6.07) is 11.5. The monoisotopic (exact) mass is 584 g/mol. The Kier molecular flexibility index (Phi) is 7.79. The first-order valence-corrected chi connectivity index (χ1v) is 13.1. The molecule has 0 bridgehead atoms. The van der Waals surface area contributed by atoms with Crippen molar-refractivity contribution in [3.8, 4) is 11.5 Å². The lowest BCUT2D eigenvalue weighted by atomic mass is 9.95. The second-order valence-corrected chi connectivity index (χ2v) is 10.5. The number of rotatable bonds is 6. The van der Waals surface area contributed by atoms with Crippen LogP contribution in [0.25, 0.3) is 6.08 Å². The molecule has 192 valence electrons. The van der Waals surface area contributed by atoms with Gasteiger partial charge in [-0.2, -0.15) is 0 Å². The van der Waals surface area contributed by atoms with Gasteiger partial charge in [0.15, 0.2) is 4.80 Å². The fourth-order valence-electron chi connectivity index (χ4n) is 4.03. The van der Waals surface area contributed by atoms with Gasteiger partial charge in [0.1, 0.15) is 17.5 Å². The summed E-state index contributed by atoms with van der Waals surface area (Å²) in [4.78, 5) is 43.0. The minimum absolute atomic E-state index is 0.127. The smallest absolute Gasteiger partial charge is 0.338 e. The van der Waals surface area contributed by atoms with Crippen molar-refractivity contribution < 1.29 is 23.8 Å². The van der Waals surface area contributed by atoms with Gasteiger partial charge in [-0.1, -0.05) is 39.4 Å². The summed E-state index contributed by atoms with van der Waals surface area (Å²) in [7, 11) is 1.30. The molecule has 1 aliphatic heterocycles. The normalized spacial score (nSPS) is 15.3. The van der Waals surface area contributed by atoms with Crippen LogP contribution in [-0.2, 0) is 14.3 Å². The van der Waals surface area contributed by atoms with Gasteiger partial charge in [-0.15, -0.1) is 0 Å². The highest BCUT2D eigenvalue weighted by molar-refractivity contribution is 9.10. The lowest BCUT2D eigenvalue weighted by Crippen LogP contribution is -2.40. The van der Waals surface area contributed by atoms with Crippen molar-refractivity contribution in [1.82, 2.24) is 4.57 Å². The SMILES string of the molecule is COC(=O)C1=C(C)N=c2s/c(=C\c3ccc(OC(C)=O)cc3)c(=O)n2[C@@H]1c1cc(Br)ccc1OC(C)C. The largest absolute Gasteiger partial charge is 0.491 e. The van der Waals surface area contributed by atoms with Crippen LogP contribution in [0.1, 0.15) is 44.9 Å². The second-order valence-electron chi connectivity index (χ2n) is 8.58. The van der Waals surface area contributed by atoms with E-state index in [-0.39, 0.29) is 17.2 Å². The fraction of sp³-hybridized carbons (Fsp3) is 0.259. The molecule has 2 heterocycles.